The van der Waals surface area contributed by atoms with E-state index in [9.17, 15) is 14.0 Å². The number of rotatable bonds is 7. The third kappa shape index (κ3) is 6.97. The summed E-state index contributed by atoms with van der Waals surface area (Å²) in [5, 5.41) is 3.93. The van der Waals surface area contributed by atoms with Crippen molar-refractivity contribution in [1.29, 1.82) is 0 Å². The maximum Gasteiger partial charge on any atom is 0.343 e. The summed E-state index contributed by atoms with van der Waals surface area (Å²) in [7, 11) is 0. The molecule has 0 atom stereocenters. The van der Waals surface area contributed by atoms with Gasteiger partial charge >= 0.3 is 5.97 Å². The number of amides is 1. The van der Waals surface area contributed by atoms with E-state index in [1.807, 2.05) is 26.0 Å². The lowest BCUT2D eigenvalue weighted by atomic mass is 10.1. The van der Waals surface area contributed by atoms with E-state index in [0.717, 1.165) is 17.2 Å². The first kappa shape index (κ1) is 24.6. The van der Waals surface area contributed by atoms with Crippen LogP contribution in [-0.4, -0.2) is 24.7 Å². The molecule has 1 amide bonds. The highest BCUT2D eigenvalue weighted by Crippen LogP contribution is 2.32. The van der Waals surface area contributed by atoms with Crippen molar-refractivity contribution in [2.45, 2.75) is 13.8 Å². The first-order valence-electron chi connectivity index (χ1n) is 9.71. The number of hydrogen-bond acceptors (Lipinski definition) is 5. The van der Waals surface area contributed by atoms with Gasteiger partial charge in [-0.05, 0) is 83.4 Å². The van der Waals surface area contributed by atoms with Gasteiger partial charge < -0.3 is 9.47 Å². The molecule has 0 saturated heterocycles. The topological polar surface area (TPSA) is 77.0 Å². The quantitative estimate of drug-likeness (QED) is 0.169. The van der Waals surface area contributed by atoms with Gasteiger partial charge in [-0.15, -0.1) is 0 Å². The minimum absolute atomic E-state index is 0.0597. The lowest BCUT2D eigenvalue weighted by Crippen LogP contribution is -2.24. The molecule has 3 aromatic rings. The number of ether oxygens (including phenoxy) is 2. The van der Waals surface area contributed by atoms with Gasteiger partial charge in [-0.1, -0.05) is 28.1 Å². The summed E-state index contributed by atoms with van der Waals surface area (Å²) in [6, 6.07) is 14.1. The van der Waals surface area contributed by atoms with Gasteiger partial charge in [0.15, 0.2) is 12.4 Å². The number of hydrazone groups is 1. The second kappa shape index (κ2) is 11.2. The van der Waals surface area contributed by atoms with Crippen LogP contribution in [0.1, 0.15) is 27.0 Å². The van der Waals surface area contributed by atoms with Crippen molar-refractivity contribution in [3.8, 4) is 11.5 Å². The fourth-order valence-electron chi connectivity index (χ4n) is 2.71. The smallest absolute Gasteiger partial charge is 0.343 e. The van der Waals surface area contributed by atoms with Crippen LogP contribution in [0.15, 0.2) is 68.6 Å². The molecule has 1 N–H and O–H groups in total. The number of nitrogens with zero attached hydrogens (tertiary/aromatic N) is 1. The largest absolute Gasteiger partial charge is 0.484 e. The van der Waals surface area contributed by atoms with Crippen LogP contribution >= 0.6 is 31.9 Å². The normalized spacial score (nSPS) is 10.8. The van der Waals surface area contributed by atoms with E-state index in [2.05, 4.69) is 42.4 Å². The summed E-state index contributed by atoms with van der Waals surface area (Å²) < 4.78 is 25.5. The van der Waals surface area contributed by atoms with Gasteiger partial charge in [-0.25, -0.2) is 14.6 Å². The molecule has 0 saturated carbocycles. The summed E-state index contributed by atoms with van der Waals surface area (Å²) >= 11 is 6.71. The van der Waals surface area contributed by atoms with Crippen molar-refractivity contribution in [3.05, 3.63) is 91.6 Å². The van der Waals surface area contributed by atoms with E-state index in [0.29, 0.717) is 20.3 Å². The first-order chi connectivity index (χ1) is 15.7. The van der Waals surface area contributed by atoms with E-state index < -0.39 is 17.7 Å². The lowest BCUT2D eigenvalue weighted by Gasteiger charge is -2.11. The summed E-state index contributed by atoms with van der Waals surface area (Å²) in [6.07, 6.45) is 1.33. The van der Waals surface area contributed by atoms with Gasteiger partial charge in [0.25, 0.3) is 5.91 Å². The van der Waals surface area contributed by atoms with E-state index in [1.54, 1.807) is 18.2 Å². The Bertz CT molecular complexity index is 1230. The Kier molecular flexibility index (Phi) is 8.35. The third-order valence-corrected chi connectivity index (χ3v) is 5.58. The predicted octanol–water partition coefficient (Wildman–Crippen LogP) is 5.72. The van der Waals surface area contributed by atoms with Crippen molar-refractivity contribution in [1.82, 2.24) is 5.43 Å². The number of aryl methyl sites for hydroxylation is 2. The molecule has 3 aromatic carbocycles. The molecule has 170 valence electrons. The summed E-state index contributed by atoms with van der Waals surface area (Å²) in [5.74, 6) is -1.00. The number of carbonyl (C=O) groups excluding carboxylic acids is 2. The molecular weight excluding hydrogens is 559 g/mol. The van der Waals surface area contributed by atoms with Crippen molar-refractivity contribution in [2.75, 3.05) is 6.61 Å². The molecule has 0 bridgehead atoms. The first-order valence-corrected chi connectivity index (χ1v) is 11.3. The zero-order chi connectivity index (χ0) is 24.0. The zero-order valence-electron chi connectivity index (χ0n) is 17.7. The summed E-state index contributed by atoms with van der Waals surface area (Å²) in [4.78, 5) is 24.5. The fraction of sp³-hybridized carbons (Fsp3) is 0.125. The molecular formula is C24H19Br2FN2O4. The maximum atomic E-state index is 13.4. The van der Waals surface area contributed by atoms with Crippen molar-refractivity contribution in [3.63, 3.8) is 0 Å². The van der Waals surface area contributed by atoms with Gasteiger partial charge in [0.05, 0.1) is 16.3 Å². The average Bonchev–Trinajstić information content (AvgIpc) is 2.76. The molecule has 0 aromatic heterocycles. The highest BCUT2D eigenvalue weighted by molar-refractivity contribution is 9.11. The second-order valence-corrected chi connectivity index (χ2v) is 8.80. The van der Waals surface area contributed by atoms with Crippen LogP contribution in [0.3, 0.4) is 0 Å². The van der Waals surface area contributed by atoms with Crippen LogP contribution in [0, 0.1) is 19.7 Å². The Hall–Kier alpha value is -3.04. The Labute approximate surface area is 207 Å². The molecule has 0 aliphatic rings. The van der Waals surface area contributed by atoms with E-state index in [4.69, 9.17) is 9.47 Å². The predicted molar refractivity (Wildman–Crippen MR) is 130 cm³/mol. The molecule has 0 spiro atoms. The Morgan fingerprint density at radius 2 is 1.85 bits per heavy atom. The van der Waals surface area contributed by atoms with Gasteiger partial charge in [0, 0.05) is 10.0 Å². The average molecular weight is 578 g/mol. The van der Waals surface area contributed by atoms with Gasteiger partial charge in [0.2, 0.25) is 0 Å². The van der Waals surface area contributed by atoms with Crippen molar-refractivity contribution < 1.29 is 23.5 Å². The Morgan fingerprint density at radius 3 is 2.58 bits per heavy atom. The van der Waals surface area contributed by atoms with Crippen LogP contribution in [0.25, 0.3) is 0 Å². The highest BCUT2D eigenvalue weighted by Gasteiger charge is 2.16. The molecule has 0 radical (unpaired) electrons. The van der Waals surface area contributed by atoms with E-state index in [1.165, 1.54) is 24.4 Å². The van der Waals surface area contributed by atoms with E-state index in [-0.39, 0.29) is 17.9 Å². The number of halogens is 3. The van der Waals surface area contributed by atoms with Crippen molar-refractivity contribution >= 4 is 50.0 Å². The minimum Gasteiger partial charge on any atom is -0.484 e. The minimum atomic E-state index is -0.738. The SMILES string of the molecule is Cc1ccc(OCC(=O)N/N=C\c2cc(Br)cc(Br)c2OC(=O)c2cccc(F)c2)cc1C. The Morgan fingerprint density at radius 1 is 1.06 bits per heavy atom. The number of nitrogens with one attached hydrogen (secondary N) is 1. The molecule has 33 heavy (non-hydrogen) atoms. The summed E-state index contributed by atoms with van der Waals surface area (Å²) in [5.41, 5.74) is 5.02. The van der Waals surface area contributed by atoms with Crippen molar-refractivity contribution in [2.24, 2.45) is 5.10 Å². The number of carbonyl (C=O) groups is 2. The van der Waals surface area contributed by atoms with E-state index >= 15 is 0 Å². The monoisotopic (exact) mass is 576 g/mol. The second-order valence-electron chi connectivity index (χ2n) is 7.03. The Balaban J connectivity index is 1.67. The summed E-state index contributed by atoms with van der Waals surface area (Å²) in [6.45, 7) is 3.73. The maximum absolute atomic E-state index is 13.4. The molecule has 6 nitrogen and oxygen atoms in total. The molecule has 0 aliphatic carbocycles. The number of benzene rings is 3. The van der Waals surface area contributed by atoms with Crippen LogP contribution in [0.5, 0.6) is 11.5 Å². The van der Waals surface area contributed by atoms with Crippen LogP contribution in [0.2, 0.25) is 0 Å². The molecule has 0 unspecified atom stereocenters. The molecule has 0 heterocycles. The van der Waals surface area contributed by atoms with Gasteiger partial charge in [-0.3, -0.25) is 4.79 Å². The molecule has 0 aliphatic heterocycles. The standard InChI is InChI=1S/C24H19Br2FN2O4/c1-14-6-7-20(8-15(14)2)32-13-22(30)29-28-12-17-9-18(25)11-21(26)23(17)33-24(31)16-4-3-5-19(27)10-16/h3-12H,13H2,1-2H3,(H,29,30)/b28-12-. The van der Waals surface area contributed by atoms with Crippen LogP contribution in [0.4, 0.5) is 4.39 Å². The lowest BCUT2D eigenvalue weighted by molar-refractivity contribution is -0.123. The molecule has 0 fully saturated rings. The molecule has 3 rings (SSSR count). The van der Waals surface area contributed by atoms with Crippen LogP contribution in [-0.2, 0) is 4.79 Å². The van der Waals surface area contributed by atoms with Crippen LogP contribution < -0.4 is 14.9 Å². The van der Waals surface area contributed by atoms with Gasteiger partial charge in [0.1, 0.15) is 11.6 Å². The van der Waals surface area contributed by atoms with Gasteiger partial charge in [-0.2, -0.15) is 5.10 Å². The fourth-order valence-corrected chi connectivity index (χ4v) is 4.05. The number of hydrogen-bond donors (Lipinski definition) is 1. The third-order valence-electron chi connectivity index (χ3n) is 4.53. The number of esters is 1. The molecule has 9 heteroatoms. The highest BCUT2D eigenvalue weighted by atomic mass is 79.9. The zero-order valence-corrected chi connectivity index (χ0v) is 20.9.